The first-order valence-corrected chi connectivity index (χ1v) is 24.2. The molecular weight excluding hydrogens is 849 g/mol. The molecule has 11 aromatic carbocycles. The SMILES string of the molecule is c1ccc(-c2ccc(N(c3cccc4c3C3(c5ccccc5-c5ccccc53)c3ccccc3-4)c3cccc4c3oc3c(-c5cccc6c5c5ccccc5n6-c5ccccc5)cccc34)cc2)cc1. The Balaban J connectivity index is 1.01. The van der Waals surface area contributed by atoms with Crippen LogP contribution in [0.3, 0.4) is 0 Å². The number of nitrogens with zero attached hydrogens (tertiary/aromatic N) is 2. The number of fused-ring (bicyclic) bond motifs is 16. The van der Waals surface area contributed by atoms with Gasteiger partial charge in [-0.3, -0.25) is 0 Å². The lowest BCUT2D eigenvalue weighted by Gasteiger charge is -2.35. The van der Waals surface area contributed by atoms with E-state index in [4.69, 9.17) is 4.42 Å². The minimum atomic E-state index is -0.565. The van der Waals surface area contributed by atoms with Gasteiger partial charge in [0.15, 0.2) is 5.58 Å². The zero-order valence-corrected chi connectivity index (χ0v) is 38.1. The first kappa shape index (κ1) is 38.9. The highest BCUT2D eigenvalue weighted by molar-refractivity contribution is 6.20. The maximum atomic E-state index is 7.50. The molecule has 2 aliphatic rings. The fourth-order valence-corrected chi connectivity index (χ4v) is 12.5. The molecule has 0 unspecified atom stereocenters. The highest BCUT2D eigenvalue weighted by Crippen LogP contribution is 2.65. The first-order chi connectivity index (χ1) is 34.8. The lowest BCUT2D eigenvalue weighted by Crippen LogP contribution is -2.28. The summed E-state index contributed by atoms with van der Waals surface area (Å²) in [5.41, 5.74) is 22.6. The van der Waals surface area contributed by atoms with E-state index in [1.54, 1.807) is 0 Å². The van der Waals surface area contributed by atoms with Crippen molar-refractivity contribution in [2.75, 3.05) is 4.90 Å². The molecule has 0 aliphatic heterocycles. The molecule has 0 saturated heterocycles. The van der Waals surface area contributed by atoms with Gasteiger partial charge in [0.2, 0.25) is 0 Å². The number of furan rings is 1. The molecule has 2 heterocycles. The molecule has 0 amide bonds. The Labute approximate surface area is 405 Å². The smallest absolute Gasteiger partial charge is 0.159 e. The summed E-state index contributed by atoms with van der Waals surface area (Å²) in [4.78, 5) is 2.48. The number of benzene rings is 11. The van der Waals surface area contributed by atoms with Crippen molar-refractivity contribution in [3.05, 3.63) is 277 Å². The van der Waals surface area contributed by atoms with E-state index in [2.05, 4.69) is 264 Å². The molecule has 70 heavy (non-hydrogen) atoms. The maximum absolute atomic E-state index is 7.50. The van der Waals surface area contributed by atoms with Crippen molar-refractivity contribution in [1.82, 2.24) is 4.57 Å². The Morgan fingerprint density at radius 2 is 0.814 bits per heavy atom. The second-order valence-electron chi connectivity index (χ2n) is 18.7. The average molecular weight is 891 g/mol. The zero-order valence-electron chi connectivity index (χ0n) is 38.1. The Kier molecular flexibility index (Phi) is 8.28. The van der Waals surface area contributed by atoms with E-state index in [9.17, 15) is 0 Å². The standard InChI is InChI=1S/C67H42N2O/c1-3-19-43(20-4-1)44-39-41-46(42-40-44)69(61-37-17-28-51-49-25-9-13-34-58(49)67(64(51)61)56-32-11-7-23-47(56)48-24-8-12-33-57(48)67)62-38-18-31-54-53-30-15-29-52(65(53)70-66(54)62)50-27-16-36-60-63(50)55-26-10-14-35-59(55)68(60)45-21-5-2-6-22-45/h1-42H. The molecule has 0 atom stereocenters. The fourth-order valence-electron chi connectivity index (χ4n) is 12.5. The van der Waals surface area contributed by atoms with Gasteiger partial charge in [-0.25, -0.2) is 0 Å². The molecule has 0 N–H and O–H groups in total. The minimum Gasteiger partial charge on any atom is -0.453 e. The van der Waals surface area contributed by atoms with Crippen LogP contribution in [0.5, 0.6) is 0 Å². The van der Waals surface area contributed by atoms with Crippen LogP contribution in [0.1, 0.15) is 22.3 Å². The molecule has 15 rings (SSSR count). The topological polar surface area (TPSA) is 21.3 Å². The Morgan fingerprint density at radius 3 is 1.54 bits per heavy atom. The molecule has 2 aromatic heterocycles. The Morgan fingerprint density at radius 1 is 0.329 bits per heavy atom. The number of rotatable bonds is 6. The van der Waals surface area contributed by atoms with Crippen molar-refractivity contribution in [2.24, 2.45) is 0 Å². The third kappa shape index (κ3) is 5.29. The third-order valence-corrected chi connectivity index (χ3v) is 15.2. The summed E-state index contributed by atoms with van der Waals surface area (Å²) in [6.07, 6.45) is 0. The Bertz CT molecular complexity index is 4170. The van der Waals surface area contributed by atoms with Gasteiger partial charge in [-0.2, -0.15) is 0 Å². The van der Waals surface area contributed by atoms with Crippen molar-refractivity contribution in [2.45, 2.75) is 5.41 Å². The summed E-state index contributed by atoms with van der Waals surface area (Å²) in [7, 11) is 0. The average Bonchev–Trinajstić information content (AvgIpc) is 4.16. The molecule has 3 heteroatoms. The van der Waals surface area contributed by atoms with E-state index in [1.807, 2.05) is 0 Å². The summed E-state index contributed by atoms with van der Waals surface area (Å²) < 4.78 is 9.89. The van der Waals surface area contributed by atoms with Crippen LogP contribution < -0.4 is 4.90 Å². The van der Waals surface area contributed by atoms with Crippen molar-refractivity contribution < 1.29 is 4.42 Å². The molecule has 0 fully saturated rings. The van der Waals surface area contributed by atoms with Gasteiger partial charge in [-0.05, 0) is 104 Å². The fraction of sp³-hybridized carbons (Fsp3) is 0.0149. The maximum Gasteiger partial charge on any atom is 0.159 e. The van der Waals surface area contributed by atoms with Crippen LogP contribution in [0.4, 0.5) is 17.1 Å². The number of anilines is 3. The van der Waals surface area contributed by atoms with E-state index >= 15 is 0 Å². The van der Waals surface area contributed by atoms with Crippen LogP contribution in [-0.2, 0) is 5.41 Å². The molecule has 3 nitrogen and oxygen atoms in total. The molecule has 0 radical (unpaired) electrons. The van der Waals surface area contributed by atoms with E-state index < -0.39 is 5.41 Å². The van der Waals surface area contributed by atoms with Crippen molar-refractivity contribution >= 4 is 60.8 Å². The monoisotopic (exact) mass is 890 g/mol. The summed E-state index contributed by atoms with van der Waals surface area (Å²) in [5.74, 6) is 0. The Hall–Kier alpha value is -9.18. The van der Waals surface area contributed by atoms with Crippen LogP contribution in [0.25, 0.3) is 93.9 Å². The lowest BCUT2D eigenvalue weighted by atomic mass is 9.70. The normalized spacial score (nSPS) is 13.0. The van der Waals surface area contributed by atoms with Crippen molar-refractivity contribution in [3.63, 3.8) is 0 Å². The number of para-hydroxylation sites is 4. The van der Waals surface area contributed by atoms with Gasteiger partial charge in [0.05, 0.1) is 27.8 Å². The van der Waals surface area contributed by atoms with E-state index in [0.29, 0.717) is 0 Å². The van der Waals surface area contributed by atoms with Gasteiger partial charge in [0, 0.05) is 44.0 Å². The van der Waals surface area contributed by atoms with Crippen molar-refractivity contribution in [1.29, 1.82) is 0 Å². The summed E-state index contributed by atoms with van der Waals surface area (Å²) in [6.45, 7) is 0. The summed E-state index contributed by atoms with van der Waals surface area (Å²) in [5, 5.41) is 4.57. The van der Waals surface area contributed by atoms with Crippen LogP contribution in [0.2, 0.25) is 0 Å². The van der Waals surface area contributed by atoms with E-state index in [1.165, 1.54) is 71.9 Å². The van der Waals surface area contributed by atoms with Gasteiger partial charge in [-0.15, -0.1) is 0 Å². The number of hydrogen-bond donors (Lipinski definition) is 0. The molecule has 13 aromatic rings. The number of aromatic nitrogens is 1. The summed E-state index contributed by atoms with van der Waals surface area (Å²) >= 11 is 0. The lowest BCUT2D eigenvalue weighted by molar-refractivity contribution is 0.670. The quantitative estimate of drug-likeness (QED) is 0.166. The predicted molar refractivity (Wildman–Crippen MR) is 290 cm³/mol. The number of hydrogen-bond acceptors (Lipinski definition) is 2. The molecule has 0 bridgehead atoms. The van der Waals surface area contributed by atoms with Crippen molar-refractivity contribution in [3.8, 4) is 50.2 Å². The molecule has 1 spiro atoms. The van der Waals surface area contributed by atoms with E-state index in [-0.39, 0.29) is 0 Å². The van der Waals surface area contributed by atoms with Crippen LogP contribution in [-0.4, -0.2) is 4.57 Å². The van der Waals surface area contributed by atoms with Gasteiger partial charge in [0.25, 0.3) is 0 Å². The molecule has 2 aliphatic carbocycles. The summed E-state index contributed by atoms with van der Waals surface area (Å²) in [6, 6.07) is 93.3. The second kappa shape index (κ2) is 14.9. The minimum absolute atomic E-state index is 0.565. The highest BCUT2D eigenvalue weighted by Gasteiger charge is 2.53. The molecule has 0 saturated carbocycles. The largest absolute Gasteiger partial charge is 0.453 e. The first-order valence-electron chi connectivity index (χ1n) is 24.2. The highest BCUT2D eigenvalue weighted by atomic mass is 16.3. The second-order valence-corrected chi connectivity index (χ2v) is 18.7. The third-order valence-electron chi connectivity index (χ3n) is 15.2. The predicted octanol–water partition coefficient (Wildman–Crippen LogP) is 17.8. The van der Waals surface area contributed by atoms with Gasteiger partial charge in [0.1, 0.15) is 5.58 Å². The molecular formula is C67H42N2O. The molecule has 326 valence electrons. The van der Waals surface area contributed by atoms with E-state index in [0.717, 1.165) is 61.3 Å². The van der Waals surface area contributed by atoms with Gasteiger partial charge >= 0.3 is 0 Å². The van der Waals surface area contributed by atoms with Gasteiger partial charge < -0.3 is 13.9 Å². The van der Waals surface area contributed by atoms with Crippen LogP contribution >= 0.6 is 0 Å². The van der Waals surface area contributed by atoms with Gasteiger partial charge in [-0.1, -0.05) is 206 Å². The van der Waals surface area contributed by atoms with Crippen LogP contribution in [0, 0.1) is 0 Å². The zero-order chi connectivity index (χ0) is 45.9. The van der Waals surface area contributed by atoms with Crippen LogP contribution in [0.15, 0.2) is 259 Å².